The second-order valence-corrected chi connectivity index (χ2v) is 6.65. The molecule has 0 aliphatic heterocycles. The first-order chi connectivity index (χ1) is 11.3. The number of benzene rings is 1. The zero-order chi connectivity index (χ0) is 16.2. The molecular weight excluding hydrogens is 290 g/mol. The molecule has 0 N–H and O–H groups in total. The Hall–Kier alpha value is -1.55. The molecule has 126 valence electrons. The molecule has 4 heteroatoms. The van der Waals surface area contributed by atoms with E-state index in [9.17, 15) is 4.79 Å². The van der Waals surface area contributed by atoms with Crippen LogP contribution in [-0.2, 0) is 9.53 Å². The summed E-state index contributed by atoms with van der Waals surface area (Å²) in [5, 5.41) is 0. The molecule has 23 heavy (non-hydrogen) atoms. The van der Waals surface area contributed by atoms with Crippen molar-refractivity contribution in [3.8, 4) is 5.75 Å². The number of carbonyl (C=O) groups excluding carboxylic acids is 1. The van der Waals surface area contributed by atoms with E-state index in [1.54, 1.807) is 14.2 Å². The minimum absolute atomic E-state index is 0.115. The number of methoxy groups -OCH3 is 2. The summed E-state index contributed by atoms with van der Waals surface area (Å²) in [5.41, 5.74) is 1.17. The van der Waals surface area contributed by atoms with E-state index in [2.05, 4.69) is 11.0 Å². The Balaban J connectivity index is 1.69. The second kappa shape index (κ2) is 7.35. The predicted octanol–water partition coefficient (Wildman–Crippen LogP) is 3.22. The van der Waals surface area contributed by atoms with Gasteiger partial charge in [-0.2, -0.15) is 0 Å². The van der Waals surface area contributed by atoms with Crippen LogP contribution in [0.5, 0.6) is 5.75 Å². The Labute approximate surface area is 138 Å². The maximum atomic E-state index is 13.0. The van der Waals surface area contributed by atoms with Crippen LogP contribution in [0.4, 0.5) is 0 Å². The van der Waals surface area contributed by atoms with Gasteiger partial charge in [-0.1, -0.05) is 31.0 Å². The summed E-state index contributed by atoms with van der Waals surface area (Å²) >= 11 is 0. The van der Waals surface area contributed by atoms with Crippen molar-refractivity contribution in [3.63, 3.8) is 0 Å². The fourth-order valence-electron chi connectivity index (χ4n) is 3.88. The van der Waals surface area contributed by atoms with Crippen LogP contribution in [0.25, 0.3) is 0 Å². The summed E-state index contributed by atoms with van der Waals surface area (Å²) in [5.74, 6) is 1.64. The maximum Gasteiger partial charge on any atom is 0.226 e. The fraction of sp³-hybridized carbons (Fsp3) is 0.632. The van der Waals surface area contributed by atoms with E-state index >= 15 is 0 Å². The molecule has 0 bridgehead atoms. The van der Waals surface area contributed by atoms with E-state index < -0.39 is 0 Å². The Morgan fingerprint density at radius 3 is 2.65 bits per heavy atom. The molecule has 0 aromatic heterocycles. The van der Waals surface area contributed by atoms with Gasteiger partial charge in [-0.15, -0.1) is 0 Å². The lowest BCUT2D eigenvalue weighted by atomic mass is 10.1. The molecule has 2 atom stereocenters. The van der Waals surface area contributed by atoms with Gasteiger partial charge < -0.3 is 14.4 Å². The van der Waals surface area contributed by atoms with Gasteiger partial charge in [0.2, 0.25) is 5.91 Å². The van der Waals surface area contributed by atoms with E-state index in [0.717, 1.165) is 31.6 Å². The standard InChI is InChI=1S/C19H27NO3/c1-22-12-11-20(14-7-3-4-8-14)19(21)17-13-16(17)15-9-5-6-10-18(15)23-2/h5-6,9-10,14,16-17H,3-4,7-8,11-13H2,1-2H3. The average Bonchev–Trinajstić information content (AvgIpc) is 3.21. The van der Waals surface area contributed by atoms with Crippen molar-refractivity contribution in [2.45, 2.75) is 44.1 Å². The van der Waals surface area contributed by atoms with E-state index in [1.807, 2.05) is 18.2 Å². The molecule has 2 fully saturated rings. The summed E-state index contributed by atoms with van der Waals surface area (Å²) in [6.45, 7) is 1.34. The third-order valence-corrected chi connectivity index (χ3v) is 5.23. The molecule has 1 amide bonds. The highest BCUT2D eigenvalue weighted by Crippen LogP contribution is 2.51. The highest BCUT2D eigenvalue weighted by Gasteiger charge is 2.48. The van der Waals surface area contributed by atoms with Crippen LogP contribution >= 0.6 is 0 Å². The lowest BCUT2D eigenvalue weighted by Crippen LogP contribution is -2.42. The van der Waals surface area contributed by atoms with Gasteiger partial charge in [0.1, 0.15) is 5.75 Å². The topological polar surface area (TPSA) is 38.8 Å². The third-order valence-electron chi connectivity index (χ3n) is 5.23. The van der Waals surface area contributed by atoms with Gasteiger partial charge in [-0.05, 0) is 36.8 Å². The van der Waals surface area contributed by atoms with Crippen LogP contribution < -0.4 is 4.74 Å². The van der Waals surface area contributed by atoms with Crippen molar-refractivity contribution in [1.29, 1.82) is 0 Å². The predicted molar refractivity (Wildman–Crippen MR) is 89.7 cm³/mol. The third kappa shape index (κ3) is 3.52. The molecule has 2 saturated carbocycles. The number of ether oxygens (including phenoxy) is 2. The number of nitrogens with zero attached hydrogens (tertiary/aromatic N) is 1. The first-order valence-corrected chi connectivity index (χ1v) is 8.68. The SMILES string of the molecule is COCCN(C(=O)C1CC1c1ccccc1OC)C1CCCC1. The summed E-state index contributed by atoms with van der Waals surface area (Å²) in [7, 11) is 3.40. The number of rotatable bonds is 7. The smallest absolute Gasteiger partial charge is 0.226 e. The van der Waals surface area contributed by atoms with Gasteiger partial charge in [-0.25, -0.2) is 0 Å². The normalized spacial score (nSPS) is 23.7. The van der Waals surface area contributed by atoms with Gasteiger partial charge in [0.05, 0.1) is 13.7 Å². The number of amides is 1. The Kier molecular flexibility index (Phi) is 5.21. The minimum atomic E-state index is 0.115. The Morgan fingerprint density at radius 1 is 1.22 bits per heavy atom. The van der Waals surface area contributed by atoms with Crippen LogP contribution in [0.1, 0.15) is 43.6 Å². The molecule has 4 nitrogen and oxygen atoms in total. The highest BCUT2D eigenvalue weighted by molar-refractivity contribution is 5.83. The zero-order valence-corrected chi connectivity index (χ0v) is 14.2. The molecule has 1 aromatic rings. The molecule has 0 saturated heterocycles. The van der Waals surface area contributed by atoms with Crippen molar-refractivity contribution in [2.75, 3.05) is 27.4 Å². The first-order valence-electron chi connectivity index (χ1n) is 8.68. The monoisotopic (exact) mass is 317 g/mol. The summed E-state index contributed by atoms with van der Waals surface area (Å²) in [6.07, 6.45) is 5.70. The van der Waals surface area contributed by atoms with Gasteiger partial charge in [0.15, 0.2) is 0 Å². The van der Waals surface area contributed by atoms with Crippen LogP contribution in [0.2, 0.25) is 0 Å². The maximum absolute atomic E-state index is 13.0. The van der Waals surface area contributed by atoms with Gasteiger partial charge in [-0.3, -0.25) is 4.79 Å². The van der Waals surface area contributed by atoms with Crippen LogP contribution in [0.15, 0.2) is 24.3 Å². The first kappa shape index (κ1) is 16.3. The molecule has 3 rings (SSSR count). The highest BCUT2D eigenvalue weighted by atomic mass is 16.5. The lowest BCUT2D eigenvalue weighted by molar-refractivity contribution is -0.135. The number of para-hydroxylation sites is 1. The summed E-state index contributed by atoms with van der Waals surface area (Å²) in [4.78, 5) is 15.1. The van der Waals surface area contributed by atoms with Crippen molar-refractivity contribution < 1.29 is 14.3 Å². The van der Waals surface area contributed by atoms with E-state index in [-0.39, 0.29) is 5.92 Å². The minimum Gasteiger partial charge on any atom is -0.496 e. The summed E-state index contributed by atoms with van der Waals surface area (Å²) < 4.78 is 10.7. The second-order valence-electron chi connectivity index (χ2n) is 6.65. The van der Waals surface area contributed by atoms with Crippen LogP contribution in [-0.4, -0.2) is 44.2 Å². The molecule has 2 aliphatic carbocycles. The molecule has 1 aromatic carbocycles. The van der Waals surface area contributed by atoms with Gasteiger partial charge >= 0.3 is 0 Å². The average molecular weight is 317 g/mol. The lowest BCUT2D eigenvalue weighted by Gasteiger charge is -2.29. The van der Waals surface area contributed by atoms with Crippen LogP contribution in [0, 0.1) is 5.92 Å². The summed E-state index contributed by atoms with van der Waals surface area (Å²) in [6, 6.07) is 8.49. The van der Waals surface area contributed by atoms with Gasteiger partial charge in [0.25, 0.3) is 0 Å². The number of carbonyl (C=O) groups is 1. The fourth-order valence-corrected chi connectivity index (χ4v) is 3.88. The van der Waals surface area contributed by atoms with Crippen LogP contribution in [0.3, 0.4) is 0 Å². The quantitative estimate of drug-likeness (QED) is 0.775. The molecule has 0 spiro atoms. The number of hydrogen-bond donors (Lipinski definition) is 0. The molecule has 2 unspecified atom stereocenters. The van der Waals surface area contributed by atoms with E-state index in [0.29, 0.717) is 24.5 Å². The Morgan fingerprint density at radius 2 is 1.96 bits per heavy atom. The molecule has 0 radical (unpaired) electrons. The van der Waals surface area contributed by atoms with Crippen molar-refractivity contribution in [3.05, 3.63) is 29.8 Å². The van der Waals surface area contributed by atoms with Crippen molar-refractivity contribution >= 4 is 5.91 Å². The van der Waals surface area contributed by atoms with Crippen molar-refractivity contribution in [1.82, 2.24) is 4.90 Å². The molecular formula is C19H27NO3. The van der Waals surface area contributed by atoms with E-state index in [1.165, 1.54) is 18.4 Å². The number of hydrogen-bond acceptors (Lipinski definition) is 3. The van der Waals surface area contributed by atoms with E-state index in [4.69, 9.17) is 9.47 Å². The largest absolute Gasteiger partial charge is 0.496 e. The molecule has 0 heterocycles. The van der Waals surface area contributed by atoms with Gasteiger partial charge in [0, 0.05) is 25.6 Å². The zero-order valence-electron chi connectivity index (χ0n) is 14.2. The Bertz CT molecular complexity index is 539. The van der Waals surface area contributed by atoms with Crippen molar-refractivity contribution in [2.24, 2.45) is 5.92 Å². The molecule has 2 aliphatic rings.